The van der Waals surface area contributed by atoms with Gasteiger partial charge in [-0.1, -0.05) is 5.57 Å². The number of aliphatic carboxylic acids is 1. The first-order valence-corrected chi connectivity index (χ1v) is 4.27. The Morgan fingerprint density at radius 2 is 2.17 bits per heavy atom. The lowest BCUT2D eigenvalue weighted by Crippen LogP contribution is -2.03. The molecule has 0 aliphatic heterocycles. The molecule has 0 atom stereocenters. The molecule has 0 unspecified atom stereocenters. The number of carboxylic acids is 1. The van der Waals surface area contributed by atoms with Crippen LogP contribution in [-0.2, 0) is 4.79 Å². The van der Waals surface area contributed by atoms with Gasteiger partial charge in [0.15, 0.2) is 0 Å². The molecule has 0 radical (unpaired) electrons. The summed E-state index contributed by atoms with van der Waals surface area (Å²) in [5, 5.41) is 11.4. The van der Waals surface area contributed by atoms with Crippen molar-refractivity contribution in [3.8, 4) is 0 Å². The molecule has 0 aliphatic carbocycles. The van der Waals surface area contributed by atoms with Gasteiger partial charge in [-0.2, -0.15) is 0 Å². The lowest BCUT2D eigenvalue weighted by Gasteiger charge is -2.00. The van der Waals surface area contributed by atoms with Crippen LogP contribution in [0.4, 0.5) is 0 Å². The van der Waals surface area contributed by atoms with Crippen molar-refractivity contribution in [1.29, 1.82) is 0 Å². The summed E-state index contributed by atoms with van der Waals surface area (Å²) < 4.78 is 0. The molecule has 0 saturated heterocycles. The summed E-state index contributed by atoms with van der Waals surface area (Å²) in [6.07, 6.45) is 3.79. The minimum atomic E-state index is -0.716. The van der Waals surface area contributed by atoms with E-state index < -0.39 is 5.97 Å². The molecule has 12 heavy (non-hydrogen) atoms. The van der Waals surface area contributed by atoms with E-state index in [1.807, 2.05) is 20.0 Å². The molecule has 0 heterocycles. The summed E-state index contributed by atoms with van der Waals surface area (Å²) in [5.41, 5.74) is 1.21. The highest BCUT2D eigenvalue weighted by atomic mass is 16.4. The molecular weight excluding hydrogens is 154 g/mol. The highest BCUT2D eigenvalue weighted by molar-refractivity contribution is 5.66. The lowest BCUT2D eigenvalue weighted by molar-refractivity contribution is -0.137. The number of hydrogen-bond donors (Lipinski definition) is 2. The Morgan fingerprint density at radius 1 is 1.50 bits per heavy atom. The molecule has 0 amide bonds. The fourth-order valence-electron chi connectivity index (χ4n) is 0.867. The zero-order valence-electron chi connectivity index (χ0n) is 7.76. The third kappa shape index (κ3) is 7.12. The summed E-state index contributed by atoms with van der Waals surface area (Å²) >= 11 is 0. The predicted octanol–water partition coefficient (Wildman–Crippen LogP) is 1.75. The van der Waals surface area contributed by atoms with Crippen LogP contribution in [0.15, 0.2) is 11.8 Å². The second kappa shape index (κ2) is 6.70. The van der Waals surface area contributed by atoms with Crippen molar-refractivity contribution in [1.82, 2.24) is 5.32 Å². The summed E-state index contributed by atoms with van der Waals surface area (Å²) in [4.78, 5) is 10.2. The standard InChI is InChI=1S/C9H17NO2/c1-3-10-7-8(2)5-4-6-9(11)12/h7,10H,3-6H2,1-2H3,(H,11,12)/b8-7+. The van der Waals surface area contributed by atoms with Crippen LogP contribution in [0, 0.1) is 0 Å². The Kier molecular flexibility index (Phi) is 6.15. The number of carbonyl (C=O) groups is 1. The van der Waals surface area contributed by atoms with Crippen LogP contribution in [-0.4, -0.2) is 17.6 Å². The smallest absolute Gasteiger partial charge is 0.303 e. The van der Waals surface area contributed by atoms with Crippen molar-refractivity contribution >= 4 is 5.97 Å². The largest absolute Gasteiger partial charge is 0.481 e. The zero-order valence-corrected chi connectivity index (χ0v) is 7.76. The third-order valence-corrected chi connectivity index (χ3v) is 1.51. The van der Waals surface area contributed by atoms with Gasteiger partial charge in [0.05, 0.1) is 0 Å². The normalized spacial score (nSPS) is 11.3. The minimum Gasteiger partial charge on any atom is -0.481 e. The maximum atomic E-state index is 10.2. The second-order valence-corrected chi connectivity index (χ2v) is 2.80. The van der Waals surface area contributed by atoms with Crippen LogP contribution in [0.2, 0.25) is 0 Å². The zero-order chi connectivity index (χ0) is 9.40. The summed E-state index contributed by atoms with van der Waals surface area (Å²) in [7, 11) is 0. The van der Waals surface area contributed by atoms with E-state index in [4.69, 9.17) is 5.11 Å². The second-order valence-electron chi connectivity index (χ2n) is 2.80. The number of rotatable bonds is 6. The van der Waals surface area contributed by atoms with Gasteiger partial charge in [-0.05, 0) is 32.9 Å². The van der Waals surface area contributed by atoms with E-state index in [-0.39, 0.29) is 6.42 Å². The predicted molar refractivity (Wildman–Crippen MR) is 48.9 cm³/mol. The molecule has 0 aromatic rings. The maximum absolute atomic E-state index is 10.2. The van der Waals surface area contributed by atoms with Gasteiger partial charge in [0.25, 0.3) is 0 Å². The van der Waals surface area contributed by atoms with Gasteiger partial charge in [0.1, 0.15) is 0 Å². The Morgan fingerprint density at radius 3 is 2.67 bits per heavy atom. The summed E-state index contributed by atoms with van der Waals surface area (Å²) in [6, 6.07) is 0. The highest BCUT2D eigenvalue weighted by Crippen LogP contribution is 2.04. The molecule has 0 aromatic carbocycles. The van der Waals surface area contributed by atoms with Crippen LogP contribution >= 0.6 is 0 Å². The molecule has 2 N–H and O–H groups in total. The quantitative estimate of drug-likeness (QED) is 0.640. The molecule has 0 rings (SSSR count). The van der Waals surface area contributed by atoms with Gasteiger partial charge in [0, 0.05) is 13.0 Å². The lowest BCUT2D eigenvalue weighted by atomic mass is 10.1. The SMILES string of the molecule is CCN/C=C(\C)CCCC(=O)O. The van der Waals surface area contributed by atoms with Crippen LogP contribution < -0.4 is 5.32 Å². The third-order valence-electron chi connectivity index (χ3n) is 1.51. The average molecular weight is 171 g/mol. The molecule has 3 nitrogen and oxygen atoms in total. The van der Waals surface area contributed by atoms with Crippen LogP contribution in [0.3, 0.4) is 0 Å². The molecule has 0 aliphatic rings. The van der Waals surface area contributed by atoms with Crippen LogP contribution in [0.25, 0.3) is 0 Å². The molecule has 70 valence electrons. The van der Waals surface area contributed by atoms with Crippen molar-refractivity contribution in [2.45, 2.75) is 33.1 Å². The van der Waals surface area contributed by atoms with E-state index in [0.717, 1.165) is 19.4 Å². The first kappa shape index (κ1) is 11.0. The Hall–Kier alpha value is -0.990. The van der Waals surface area contributed by atoms with Crippen molar-refractivity contribution in [3.63, 3.8) is 0 Å². The molecule has 3 heteroatoms. The fourth-order valence-corrected chi connectivity index (χ4v) is 0.867. The Bertz CT molecular complexity index is 164. The highest BCUT2D eigenvalue weighted by Gasteiger charge is 1.96. The first-order chi connectivity index (χ1) is 5.66. The van der Waals surface area contributed by atoms with Crippen LogP contribution in [0.1, 0.15) is 33.1 Å². The van der Waals surface area contributed by atoms with Gasteiger partial charge < -0.3 is 10.4 Å². The average Bonchev–Trinajstić information content (AvgIpc) is 2.00. The maximum Gasteiger partial charge on any atom is 0.303 e. The molecule has 0 spiro atoms. The van der Waals surface area contributed by atoms with E-state index >= 15 is 0 Å². The molecule has 0 saturated carbocycles. The topological polar surface area (TPSA) is 49.3 Å². The summed E-state index contributed by atoms with van der Waals surface area (Å²) in [5.74, 6) is -0.716. The van der Waals surface area contributed by atoms with Crippen molar-refractivity contribution in [2.24, 2.45) is 0 Å². The fraction of sp³-hybridized carbons (Fsp3) is 0.667. The van der Waals surface area contributed by atoms with Crippen molar-refractivity contribution in [3.05, 3.63) is 11.8 Å². The Balaban J connectivity index is 3.42. The molecule has 0 bridgehead atoms. The number of carboxylic acid groups (broad SMARTS) is 1. The van der Waals surface area contributed by atoms with Gasteiger partial charge >= 0.3 is 5.97 Å². The van der Waals surface area contributed by atoms with E-state index in [1.54, 1.807) is 0 Å². The monoisotopic (exact) mass is 171 g/mol. The van der Waals surface area contributed by atoms with Gasteiger partial charge in [-0.15, -0.1) is 0 Å². The first-order valence-electron chi connectivity index (χ1n) is 4.27. The van der Waals surface area contributed by atoms with Gasteiger partial charge in [0.2, 0.25) is 0 Å². The van der Waals surface area contributed by atoms with Gasteiger partial charge in [-0.3, -0.25) is 4.79 Å². The number of allylic oxidation sites excluding steroid dienone is 1. The molecule has 0 aromatic heterocycles. The molecular formula is C9H17NO2. The number of nitrogens with one attached hydrogen (secondary N) is 1. The van der Waals surface area contributed by atoms with Crippen molar-refractivity contribution < 1.29 is 9.90 Å². The van der Waals surface area contributed by atoms with E-state index in [0.29, 0.717) is 0 Å². The van der Waals surface area contributed by atoms with E-state index in [1.165, 1.54) is 5.57 Å². The van der Waals surface area contributed by atoms with Crippen molar-refractivity contribution in [2.75, 3.05) is 6.54 Å². The number of hydrogen-bond acceptors (Lipinski definition) is 2. The van der Waals surface area contributed by atoms with E-state index in [2.05, 4.69) is 5.32 Å². The Labute approximate surface area is 73.5 Å². The van der Waals surface area contributed by atoms with Gasteiger partial charge in [-0.25, -0.2) is 0 Å². The minimum absolute atomic E-state index is 0.261. The van der Waals surface area contributed by atoms with E-state index in [9.17, 15) is 4.79 Å². The van der Waals surface area contributed by atoms with Crippen LogP contribution in [0.5, 0.6) is 0 Å². The molecule has 0 fully saturated rings. The summed E-state index contributed by atoms with van der Waals surface area (Å²) in [6.45, 7) is 4.95.